The lowest BCUT2D eigenvalue weighted by molar-refractivity contribution is 0.887. The van der Waals surface area contributed by atoms with E-state index in [2.05, 4.69) is 29.1 Å². The topological polar surface area (TPSA) is 30.7 Å². The smallest absolute Gasteiger partial charge is 0.163 e. The predicted octanol–water partition coefficient (Wildman–Crippen LogP) is 3.90. The van der Waals surface area contributed by atoms with Crippen LogP contribution in [0.25, 0.3) is 17.1 Å². The number of hydrogen-bond donors (Lipinski definition) is 0. The Hall–Kier alpha value is -2.13. The van der Waals surface area contributed by atoms with Gasteiger partial charge in [-0.15, -0.1) is 0 Å². The molecule has 0 spiro atoms. The molecule has 0 fully saturated rings. The summed E-state index contributed by atoms with van der Waals surface area (Å²) >= 11 is 5.90. The molecule has 0 N–H and O–H groups in total. The number of aryl methyl sites for hydroxylation is 1. The van der Waals surface area contributed by atoms with Crippen molar-refractivity contribution in [3.8, 4) is 17.1 Å². The maximum Gasteiger partial charge on any atom is 0.163 e. The van der Waals surface area contributed by atoms with Crippen LogP contribution in [0.4, 0.5) is 0 Å². The van der Waals surface area contributed by atoms with Crippen LogP contribution < -0.4 is 0 Å². The molecule has 19 heavy (non-hydrogen) atoms. The van der Waals surface area contributed by atoms with Crippen molar-refractivity contribution in [2.45, 2.75) is 6.92 Å². The SMILES string of the molecule is Cc1ccc(-c2ncnn2-c2ccc(Cl)cc2)cc1. The first-order valence-electron chi connectivity index (χ1n) is 5.97. The number of benzene rings is 2. The maximum atomic E-state index is 5.90. The van der Waals surface area contributed by atoms with Gasteiger partial charge in [0.1, 0.15) is 6.33 Å². The van der Waals surface area contributed by atoms with Crippen molar-refractivity contribution < 1.29 is 0 Å². The summed E-state index contributed by atoms with van der Waals surface area (Å²) in [5.41, 5.74) is 3.21. The Labute approximate surface area is 116 Å². The Morgan fingerprint density at radius 2 is 1.63 bits per heavy atom. The minimum atomic E-state index is 0.709. The van der Waals surface area contributed by atoms with E-state index in [-0.39, 0.29) is 0 Å². The molecule has 3 nitrogen and oxygen atoms in total. The van der Waals surface area contributed by atoms with Gasteiger partial charge in [-0.1, -0.05) is 41.4 Å². The van der Waals surface area contributed by atoms with Gasteiger partial charge in [-0.3, -0.25) is 0 Å². The van der Waals surface area contributed by atoms with Crippen LogP contribution in [0.3, 0.4) is 0 Å². The van der Waals surface area contributed by atoms with Crippen molar-refractivity contribution >= 4 is 11.6 Å². The van der Waals surface area contributed by atoms with Crippen LogP contribution >= 0.6 is 11.6 Å². The van der Waals surface area contributed by atoms with Crippen LogP contribution in [0.2, 0.25) is 5.02 Å². The lowest BCUT2D eigenvalue weighted by atomic mass is 10.1. The van der Waals surface area contributed by atoms with E-state index in [1.807, 2.05) is 36.4 Å². The summed E-state index contributed by atoms with van der Waals surface area (Å²) in [4.78, 5) is 4.33. The second-order valence-corrected chi connectivity index (χ2v) is 4.77. The summed E-state index contributed by atoms with van der Waals surface area (Å²) in [6.45, 7) is 2.06. The molecule has 94 valence electrons. The average Bonchev–Trinajstić information content (AvgIpc) is 2.90. The highest BCUT2D eigenvalue weighted by atomic mass is 35.5. The standard InChI is InChI=1S/C15H12ClN3/c1-11-2-4-12(5-3-11)15-17-10-18-19(15)14-8-6-13(16)7-9-14/h2-10H,1H3. The van der Waals surface area contributed by atoms with Gasteiger partial charge in [-0.2, -0.15) is 5.10 Å². The van der Waals surface area contributed by atoms with Crippen LogP contribution in [-0.4, -0.2) is 14.8 Å². The summed E-state index contributed by atoms with van der Waals surface area (Å²) < 4.78 is 1.81. The highest BCUT2D eigenvalue weighted by molar-refractivity contribution is 6.30. The first-order chi connectivity index (χ1) is 9.24. The summed E-state index contributed by atoms with van der Waals surface area (Å²) in [7, 11) is 0. The van der Waals surface area contributed by atoms with E-state index in [1.54, 1.807) is 11.0 Å². The van der Waals surface area contributed by atoms with Gasteiger partial charge in [-0.05, 0) is 31.2 Å². The van der Waals surface area contributed by atoms with Crippen LogP contribution in [0.5, 0.6) is 0 Å². The van der Waals surface area contributed by atoms with Crippen LogP contribution in [-0.2, 0) is 0 Å². The van der Waals surface area contributed by atoms with Gasteiger partial charge >= 0.3 is 0 Å². The van der Waals surface area contributed by atoms with E-state index in [0.717, 1.165) is 17.1 Å². The Bertz CT molecular complexity index is 624. The van der Waals surface area contributed by atoms with Gasteiger partial charge in [0.05, 0.1) is 5.69 Å². The van der Waals surface area contributed by atoms with Crippen molar-refractivity contribution in [2.75, 3.05) is 0 Å². The van der Waals surface area contributed by atoms with Crippen molar-refractivity contribution in [3.05, 3.63) is 65.4 Å². The minimum Gasteiger partial charge on any atom is -0.215 e. The fraction of sp³-hybridized carbons (Fsp3) is 0.0667. The molecule has 0 bridgehead atoms. The zero-order valence-electron chi connectivity index (χ0n) is 10.4. The Balaban J connectivity index is 2.07. The maximum absolute atomic E-state index is 5.90. The van der Waals surface area contributed by atoms with Crippen LogP contribution in [0, 0.1) is 6.92 Å². The Morgan fingerprint density at radius 3 is 2.32 bits per heavy atom. The van der Waals surface area contributed by atoms with Crippen LogP contribution in [0.1, 0.15) is 5.56 Å². The average molecular weight is 270 g/mol. The molecule has 1 aromatic heterocycles. The molecule has 0 aliphatic carbocycles. The number of rotatable bonds is 2. The zero-order chi connectivity index (χ0) is 13.2. The molecule has 0 radical (unpaired) electrons. The summed E-state index contributed by atoms with van der Waals surface area (Å²) in [5.74, 6) is 0.822. The first kappa shape index (κ1) is 11.9. The summed E-state index contributed by atoms with van der Waals surface area (Å²) in [5, 5.41) is 4.99. The molecular formula is C15H12ClN3. The molecule has 0 amide bonds. The lowest BCUT2D eigenvalue weighted by Crippen LogP contribution is -1.99. The fourth-order valence-electron chi connectivity index (χ4n) is 1.91. The van der Waals surface area contributed by atoms with E-state index in [1.165, 1.54) is 5.56 Å². The highest BCUT2D eigenvalue weighted by Gasteiger charge is 2.08. The van der Waals surface area contributed by atoms with Crippen molar-refractivity contribution in [1.29, 1.82) is 0 Å². The van der Waals surface area contributed by atoms with Gasteiger partial charge < -0.3 is 0 Å². The monoisotopic (exact) mass is 269 g/mol. The second kappa shape index (κ2) is 4.86. The summed E-state index contributed by atoms with van der Waals surface area (Å²) in [6, 6.07) is 15.8. The normalized spacial score (nSPS) is 10.6. The number of hydrogen-bond acceptors (Lipinski definition) is 2. The van der Waals surface area contributed by atoms with Gasteiger partial charge in [0.25, 0.3) is 0 Å². The first-order valence-corrected chi connectivity index (χ1v) is 6.35. The Kier molecular flexibility index (Phi) is 3.05. The van der Waals surface area contributed by atoms with Crippen molar-refractivity contribution in [3.63, 3.8) is 0 Å². The third-order valence-electron chi connectivity index (χ3n) is 2.93. The third-order valence-corrected chi connectivity index (χ3v) is 3.18. The molecule has 4 heteroatoms. The molecular weight excluding hydrogens is 258 g/mol. The quantitative estimate of drug-likeness (QED) is 0.706. The molecule has 0 atom stereocenters. The fourth-order valence-corrected chi connectivity index (χ4v) is 2.04. The largest absolute Gasteiger partial charge is 0.215 e. The van der Waals surface area contributed by atoms with Gasteiger partial charge in [0.15, 0.2) is 5.82 Å². The van der Waals surface area contributed by atoms with Gasteiger partial charge in [0, 0.05) is 10.6 Å². The summed E-state index contributed by atoms with van der Waals surface area (Å²) in [6.07, 6.45) is 1.56. The van der Waals surface area contributed by atoms with E-state index < -0.39 is 0 Å². The number of aromatic nitrogens is 3. The van der Waals surface area contributed by atoms with Crippen molar-refractivity contribution in [2.24, 2.45) is 0 Å². The molecule has 0 aliphatic rings. The molecule has 0 saturated carbocycles. The van der Waals surface area contributed by atoms with E-state index in [0.29, 0.717) is 5.02 Å². The van der Waals surface area contributed by atoms with Gasteiger partial charge in [-0.25, -0.2) is 9.67 Å². The molecule has 0 aliphatic heterocycles. The van der Waals surface area contributed by atoms with E-state index in [9.17, 15) is 0 Å². The number of nitrogens with zero attached hydrogens (tertiary/aromatic N) is 3. The third kappa shape index (κ3) is 2.37. The molecule has 3 aromatic rings. The predicted molar refractivity (Wildman–Crippen MR) is 76.5 cm³/mol. The zero-order valence-corrected chi connectivity index (χ0v) is 11.2. The second-order valence-electron chi connectivity index (χ2n) is 4.34. The highest BCUT2D eigenvalue weighted by Crippen LogP contribution is 2.21. The molecule has 3 rings (SSSR count). The van der Waals surface area contributed by atoms with E-state index in [4.69, 9.17) is 11.6 Å². The minimum absolute atomic E-state index is 0.709. The lowest BCUT2D eigenvalue weighted by Gasteiger charge is -2.06. The Morgan fingerprint density at radius 1 is 0.947 bits per heavy atom. The van der Waals surface area contributed by atoms with Crippen molar-refractivity contribution in [1.82, 2.24) is 14.8 Å². The number of halogens is 1. The van der Waals surface area contributed by atoms with E-state index >= 15 is 0 Å². The molecule has 1 heterocycles. The van der Waals surface area contributed by atoms with Crippen LogP contribution in [0.15, 0.2) is 54.9 Å². The molecule has 0 saturated heterocycles. The van der Waals surface area contributed by atoms with Gasteiger partial charge in [0.2, 0.25) is 0 Å². The molecule has 2 aromatic carbocycles. The molecule has 0 unspecified atom stereocenters.